The largest absolute Gasteiger partial charge is 0.480 e. The number of carboxylic acids is 1. The van der Waals surface area contributed by atoms with E-state index < -0.39 is 12.0 Å². The second-order valence-corrected chi connectivity index (χ2v) is 6.15. The molecule has 0 saturated carbocycles. The molecule has 1 unspecified atom stereocenters. The van der Waals surface area contributed by atoms with Crippen LogP contribution in [-0.2, 0) is 4.79 Å². The van der Waals surface area contributed by atoms with E-state index in [0.717, 1.165) is 23.7 Å². The van der Waals surface area contributed by atoms with Gasteiger partial charge in [-0.15, -0.1) is 0 Å². The molecule has 4 nitrogen and oxygen atoms in total. The maximum Gasteiger partial charge on any atom is 0.326 e. The molecular formula is C14H15BrClNO3. The van der Waals surface area contributed by atoms with Gasteiger partial charge in [-0.1, -0.05) is 40.4 Å². The number of hydrogen-bond donors (Lipinski definition) is 1. The average Bonchev–Trinajstić information content (AvgIpc) is 2.63. The van der Waals surface area contributed by atoms with Crippen molar-refractivity contribution in [2.24, 2.45) is 0 Å². The van der Waals surface area contributed by atoms with Crippen molar-refractivity contribution in [2.45, 2.75) is 31.7 Å². The molecule has 6 heteroatoms. The molecule has 20 heavy (non-hydrogen) atoms. The molecule has 1 fully saturated rings. The molecule has 0 bridgehead atoms. The summed E-state index contributed by atoms with van der Waals surface area (Å²) in [7, 11) is 0. The van der Waals surface area contributed by atoms with Crippen molar-refractivity contribution in [3.8, 4) is 0 Å². The summed E-state index contributed by atoms with van der Waals surface area (Å²) in [6.07, 6.45) is 3.09. The van der Waals surface area contributed by atoms with Crippen molar-refractivity contribution in [1.29, 1.82) is 0 Å². The smallest absolute Gasteiger partial charge is 0.326 e. The van der Waals surface area contributed by atoms with E-state index in [-0.39, 0.29) is 5.91 Å². The molecule has 0 aliphatic carbocycles. The number of carbonyl (C=O) groups is 2. The maximum absolute atomic E-state index is 12.6. The quantitative estimate of drug-likeness (QED) is 0.877. The van der Waals surface area contributed by atoms with Crippen LogP contribution in [0.4, 0.5) is 0 Å². The van der Waals surface area contributed by atoms with E-state index in [2.05, 4.69) is 15.9 Å². The minimum absolute atomic E-state index is 0.309. The topological polar surface area (TPSA) is 57.6 Å². The number of carboxylic acid groups (broad SMARTS) is 1. The molecule has 2 rings (SSSR count). The highest BCUT2D eigenvalue weighted by Gasteiger charge is 2.32. The molecule has 0 spiro atoms. The van der Waals surface area contributed by atoms with E-state index >= 15 is 0 Å². The molecule has 1 N–H and O–H groups in total. The molecule has 1 aliphatic rings. The van der Waals surface area contributed by atoms with E-state index in [0.29, 0.717) is 23.6 Å². The van der Waals surface area contributed by atoms with Crippen LogP contribution in [0, 0.1) is 0 Å². The van der Waals surface area contributed by atoms with Crippen LogP contribution in [-0.4, -0.2) is 34.5 Å². The Labute approximate surface area is 130 Å². The highest BCUT2D eigenvalue weighted by atomic mass is 79.9. The zero-order valence-electron chi connectivity index (χ0n) is 10.8. The van der Waals surface area contributed by atoms with Crippen LogP contribution in [0.2, 0.25) is 5.02 Å². The first kappa shape index (κ1) is 15.3. The Bertz CT molecular complexity index is 535. The first-order valence-corrected chi connectivity index (χ1v) is 7.66. The predicted molar refractivity (Wildman–Crippen MR) is 80.1 cm³/mol. The summed E-state index contributed by atoms with van der Waals surface area (Å²) in [4.78, 5) is 25.4. The molecular weight excluding hydrogens is 346 g/mol. The molecule has 1 atom stereocenters. The second kappa shape index (κ2) is 6.59. The van der Waals surface area contributed by atoms with E-state index in [4.69, 9.17) is 11.6 Å². The van der Waals surface area contributed by atoms with E-state index in [1.54, 1.807) is 18.2 Å². The third-order valence-corrected chi connectivity index (χ3v) is 4.27. The molecule has 1 saturated heterocycles. The van der Waals surface area contributed by atoms with Crippen LogP contribution < -0.4 is 0 Å². The summed E-state index contributed by atoms with van der Waals surface area (Å²) in [6, 6.07) is 4.23. The minimum Gasteiger partial charge on any atom is -0.480 e. The zero-order chi connectivity index (χ0) is 14.7. The van der Waals surface area contributed by atoms with Gasteiger partial charge in [0.15, 0.2) is 0 Å². The molecule has 0 aromatic heterocycles. The number of likely N-dealkylation sites (tertiary alicyclic amines) is 1. The van der Waals surface area contributed by atoms with Crippen molar-refractivity contribution in [3.63, 3.8) is 0 Å². The number of nitrogens with zero attached hydrogens (tertiary/aromatic N) is 1. The van der Waals surface area contributed by atoms with Gasteiger partial charge in [0.25, 0.3) is 5.91 Å². The Hall–Kier alpha value is -1.07. The lowest BCUT2D eigenvalue weighted by atomic mass is 10.1. The first-order valence-electron chi connectivity index (χ1n) is 6.49. The molecule has 1 amide bonds. The monoisotopic (exact) mass is 359 g/mol. The van der Waals surface area contributed by atoms with Crippen LogP contribution in [0.5, 0.6) is 0 Å². The standard InChI is InChI=1S/C14H15BrClNO3/c15-9-5-6-10(11(16)8-9)13(18)17-7-3-1-2-4-12(17)14(19)20/h5-6,8,12H,1-4,7H2,(H,19,20). The Morgan fingerprint density at radius 1 is 1.30 bits per heavy atom. The predicted octanol–water partition coefficient (Wildman–Crippen LogP) is 3.57. The number of rotatable bonds is 2. The van der Waals surface area contributed by atoms with Crippen LogP contribution >= 0.6 is 27.5 Å². The lowest BCUT2D eigenvalue weighted by molar-refractivity contribution is -0.142. The third-order valence-electron chi connectivity index (χ3n) is 3.46. The lowest BCUT2D eigenvalue weighted by Crippen LogP contribution is -2.44. The molecule has 1 aromatic carbocycles. The number of carbonyl (C=O) groups excluding carboxylic acids is 1. The number of aliphatic carboxylic acids is 1. The zero-order valence-corrected chi connectivity index (χ0v) is 13.2. The van der Waals surface area contributed by atoms with Gasteiger partial charge in [-0.2, -0.15) is 0 Å². The van der Waals surface area contributed by atoms with Gasteiger partial charge in [-0.25, -0.2) is 4.79 Å². The van der Waals surface area contributed by atoms with Gasteiger partial charge >= 0.3 is 5.97 Å². The molecule has 0 radical (unpaired) electrons. The van der Waals surface area contributed by atoms with Crippen molar-refractivity contribution >= 4 is 39.4 Å². The van der Waals surface area contributed by atoms with E-state index in [9.17, 15) is 14.7 Å². The normalized spacial score (nSPS) is 19.5. The van der Waals surface area contributed by atoms with Crippen molar-refractivity contribution in [2.75, 3.05) is 6.54 Å². The van der Waals surface area contributed by atoms with Gasteiger partial charge in [0.2, 0.25) is 0 Å². The summed E-state index contributed by atoms with van der Waals surface area (Å²) in [5.74, 6) is -1.26. The molecule has 1 aliphatic heterocycles. The third kappa shape index (κ3) is 3.33. The van der Waals surface area contributed by atoms with Gasteiger partial charge in [0.1, 0.15) is 6.04 Å². The van der Waals surface area contributed by atoms with E-state index in [1.807, 2.05) is 0 Å². The number of benzene rings is 1. The van der Waals surface area contributed by atoms with Gasteiger partial charge in [0, 0.05) is 11.0 Å². The van der Waals surface area contributed by atoms with E-state index in [1.165, 1.54) is 4.90 Å². The molecule has 1 heterocycles. The summed E-state index contributed by atoms with van der Waals surface area (Å²) >= 11 is 9.37. The fourth-order valence-corrected chi connectivity index (χ4v) is 3.18. The van der Waals surface area contributed by atoms with Crippen LogP contribution in [0.3, 0.4) is 0 Å². The Morgan fingerprint density at radius 3 is 2.70 bits per heavy atom. The minimum atomic E-state index is -0.950. The Morgan fingerprint density at radius 2 is 2.05 bits per heavy atom. The maximum atomic E-state index is 12.6. The Kier molecular flexibility index (Phi) is 5.05. The Balaban J connectivity index is 2.31. The van der Waals surface area contributed by atoms with Crippen LogP contribution in [0.1, 0.15) is 36.0 Å². The second-order valence-electron chi connectivity index (χ2n) is 4.83. The fourth-order valence-electron chi connectivity index (χ4n) is 2.43. The fraction of sp³-hybridized carbons (Fsp3) is 0.429. The summed E-state index contributed by atoms with van der Waals surface area (Å²) in [5, 5.41) is 9.64. The SMILES string of the molecule is O=C(O)C1CCCCCN1C(=O)c1ccc(Br)cc1Cl. The van der Waals surface area contributed by atoms with Gasteiger partial charge < -0.3 is 10.0 Å². The average molecular weight is 361 g/mol. The number of hydrogen-bond acceptors (Lipinski definition) is 2. The molecule has 108 valence electrons. The highest BCUT2D eigenvalue weighted by Crippen LogP contribution is 2.25. The van der Waals surface area contributed by atoms with Gasteiger partial charge in [-0.3, -0.25) is 4.79 Å². The number of amides is 1. The van der Waals surface area contributed by atoms with Crippen LogP contribution in [0.15, 0.2) is 22.7 Å². The first-order chi connectivity index (χ1) is 9.50. The molecule has 1 aromatic rings. The van der Waals surface area contributed by atoms with Crippen LogP contribution in [0.25, 0.3) is 0 Å². The number of halogens is 2. The van der Waals surface area contributed by atoms with Gasteiger partial charge in [0.05, 0.1) is 10.6 Å². The summed E-state index contributed by atoms with van der Waals surface area (Å²) in [5.41, 5.74) is 0.350. The lowest BCUT2D eigenvalue weighted by Gasteiger charge is -2.27. The van der Waals surface area contributed by atoms with Gasteiger partial charge in [-0.05, 0) is 31.0 Å². The summed E-state index contributed by atoms with van der Waals surface area (Å²) < 4.78 is 0.782. The van der Waals surface area contributed by atoms with Crippen molar-refractivity contribution in [3.05, 3.63) is 33.3 Å². The van der Waals surface area contributed by atoms with Crippen molar-refractivity contribution < 1.29 is 14.7 Å². The summed E-state index contributed by atoms with van der Waals surface area (Å²) in [6.45, 7) is 0.461. The highest BCUT2D eigenvalue weighted by molar-refractivity contribution is 9.10. The van der Waals surface area contributed by atoms with Crippen molar-refractivity contribution in [1.82, 2.24) is 4.90 Å².